The van der Waals surface area contributed by atoms with E-state index in [4.69, 9.17) is 15.9 Å². The number of hydrogen-bond donors (Lipinski definition) is 4. The number of hydrogen-bond acceptors (Lipinski definition) is 3. The number of nitrogens with one attached hydrogen (secondary N) is 1. The second-order valence-corrected chi connectivity index (χ2v) is 2.84. The van der Waals surface area contributed by atoms with Gasteiger partial charge in [-0.05, 0) is 0 Å². The zero-order valence-corrected chi connectivity index (χ0v) is 6.50. The lowest BCUT2D eigenvalue weighted by Crippen LogP contribution is -2.42. The van der Waals surface area contributed by atoms with Gasteiger partial charge in [0.2, 0.25) is 0 Å². The van der Waals surface area contributed by atoms with Crippen molar-refractivity contribution in [1.82, 2.24) is 5.32 Å². The van der Waals surface area contributed by atoms with Crippen molar-refractivity contribution in [1.29, 1.82) is 0 Å². The molecule has 0 aromatic carbocycles. The number of nitrogens with two attached hydrogens (primary N) is 1. The predicted molar refractivity (Wildman–Crippen MR) is 39.9 cm³/mol. The summed E-state index contributed by atoms with van der Waals surface area (Å²) in [6.45, 7) is 1.44. The van der Waals surface area contributed by atoms with Gasteiger partial charge in [-0.25, -0.2) is 4.79 Å². The summed E-state index contributed by atoms with van der Waals surface area (Å²) < 4.78 is 0. The van der Waals surface area contributed by atoms with Crippen LogP contribution in [0.3, 0.4) is 0 Å². The Morgan fingerprint density at radius 3 is 2.27 bits per heavy atom. The van der Waals surface area contributed by atoms with Gasteiger partial charge in [-0.3, -0.25) is 0 Å². The monoisotopic (exact) mass is 162 g/mol. The van der Waals surface area contributed by atoms with Crippen LogP contribution in [-0.2, 0) is 0 Å². The van der Waals surface area contributed by atoms with Crippen molar-refractivity contribution >= 4 is 6.03 Å². The highest BCUT2D eigenvalue weighted by Gasteiger charge is 2.22. The first-order chi connectivity index (χ1) is 5.04. The highest BCUT2D eigenvalue weighted by Crippen LogP contribution is 2.11. The molecule has 66 valence electrons. The van der Waals surface area contributed by atoms with Gasteiger partial charge in [0.1, 0.15) is 0 Å². The molecule has 11 heavy (non-hydrogen) atoms. The van der Waals surface area contributed by atoms with Crippen LogP contribution in [0.1, 0.15) is 6.92 Å². The second kappa shape index (κ2) is 4.15. The molecule has 0 aliphatic rings. The molecule has 0 fully saturated rings. The zero-order chi connectivity index (χ0) is 8.91. The highest BCUT2D eigenvalue weighted by molar-refractivity contribution is 5.71. The van der Waals surface area contributed by atoms with Crippen molar-refractivity contribution in [2.45, 2.75) is 6.92 Å². The molecule has 0 saturated heterocycles. The smallest absolute Gasteiger partial charge is 0.312 e. The number of rotatable bonds is 4. The van der Waals surface area contributed by atoms with E-state index < -0.39 is 11.4 Å². The van der Waals surface area contributed by atoms with E-state index in [1.54, 1.807) is 6.92 Å². The normalized spacial score (nSPS) is 11.2. The molecule has 5 N–H and O–H groups in total. The first-order valence-electron chi connectivity index (χ1n) is 3.29. The largest absolute Gasteiger partial charge is 0.396 e. The van der Waals surface area contributed by atoms with E-state index in [0.29, 0.717) is 0 Å². The molecule has 0 radical (unpaired) electrons. The summed E-state index contributed by atoms with van der Waals surface area (Å²) in [5, 5.41) is 19.8. The lowest BCUT2D eigenvalue weighted by atomic mass is 9.93. The van der Waals surface area contributed by atoms with Crippen LogP contribution >= 0.6 is 0 Å². The molecule has 0 unspecified atom stereocenters. The van der Waals surface area contributed by atoms with Crippen LogP contribution in [0.5, 0.6) is 0 Å². The molecule has 0 rings (SSSR count). The van der Waals surface area contributed by atoms with Crippen LogP contribution in [0, 0.1) is 5.41 Å². The molecule has 0 aliphatic carbocycles. The van der Waals surface area contributed by atoms with Crippen LogP contribution in [0.4, 0.5) is 4.79 Å². The maximum atomic E-state index is 10.2. The number of primary amides is 1. The molecule has 0 atom stereocenters. The minimum Gasteiger partial charge on any atom is -0.396 e. The maximum Gasteiger partial charge on any atom is 0.312 e. The van der Waals surface area contributed by atoms with E-state index in [1.807, 2.05) is 0 Å². The molecule has 0 aliphatic heterocycles. The molecule has 0 spiro atoms. The van der Waals surface area contributed by atoms with E-state index in [-0.39, 0.29) is 19.8 Å². The molecule has 0 aromatic rings. The number of aliphatic hydroxyl groups excluding tert-OH is 2. The van der Waals surface area contributed by atoms with Gasteiger partial charge in [0.25, 0.3) is 0 Å². The second-order valence-electron chi connectivity index (χ2n) is 2.84. The minimum absolute atomic E-state index is 0.176. The number of carbonyl (C=O) groups is 1. The van der Waals surface area contributed by atoms with Gasteiger partial charge in [0, 0.05) is 12.0 Å². The number of aliphatic hydroxyl groups is 2. The van der Waals surface area contributed by atoms with Crippen molar-refractivity contribution in [3.8, 4) is 0 Å². The predicted octanol–water partition coefficient (Wildman–Crippen LogP) is -1.35. The lowest BCUT2D eigenvalue weighted by molar-refractivity contribution is 0.0720. The summed E-state index contributed by atoms with van der Waals surface area (Å²) in [5.74, 6) is 0. The molecular weight excluding hydrogens is 148 g/mol. The third-order valence-corrected chi connectivity index (χ3v) is 1.45. The van der Waals surface area contributed by atoms with Crippen LogP contribution in [0.2, 0.25) is 0 Å². The number of carbonyl (C=O) groups excluding carboxylic acids is 1. The average molecular weight is 162 g/mol. The summed E-state index contributed by atoms with van der Waals surface area (Å²) in [6.07, 6.45) is 0. The Kier molecular flexibility index (Phi) is 3.84. The van der Waals surface area contributed by atoms with Gasteiger partial charge in [0.05, 0.1) is 13.2 Å². The SMILES string of the molecule is CC(CO)(CO)CNC(N)=O. The van der Waals surface area contributed by atoms with E-state index in [0.717, 1.165) is 0 Å². The standard InChI is InChI=1S/C6H14N2O3/c1-6(3-9,4-10)2-8-5(7)11/h9-10H,2-4H2,1H3,(H3,7,8,11). The first kappa shape index (κ1) is 10.2. The Bertz CT molecular complexity index is 134. The third-order valence-electron chi connectivity index (χ3n) is 1.45. The Morgan fingerprint density at radius 1 is 1.55 bits per heavy atom. The van der Waals surface area contributed by atoms with E-state index in [9.17, 15) is 4.79 Å². The molecule has 0 aromatic heterocycles. The van der Waals surface area contributed by atoms with Gasteiger partial charge < -0.3 is 21.3 Å². The summed E-state index contributed by atoms with van der Waals surface area (Å²) in [7, 11) is 0. The summed E-state index contributed by atoms with van der Waals surface area (Å²) in [5.41, 5.74) is 4.11. The quantitative estimate of drug-likeness (QED) is 0.411. The molecule has 5 heteroatoms. The van der Waals surface area contributed by atoms with Crippen LogP contribution in [0.15, 0.2) is 0 Å². The Balaban J connectivity index is 3.78. The maximum absolute atomic E-state index is 10.2. The topological polar surface area (TPSA) is 95.6 Å². The van der Waals surface area contributed by atoms with Crippen molar-refractivity contribution in [3.05, 3.63) is 0 Å². The molecule has 0 saturated carbocycles. The Morgan fingerprint density at radius 2 is 2.00 bits per heavy atom. The van der Waals surface area contributed by atoms with Crippen molar-refractivity contribution in [2.24, 2.45) is 11.1 Å². The molecule has 5 nitrogen and oxygen atoms in total. The fourth-order valence-electron chi connectivity index (χ4n) is 0.462. The average Bonchev–Trinajstić information content (AvgIpc) is 2.00. The van der Waals surface area contributed by atoms with Gasteiger partial charge in [-0.1, -0.05) is 6.92 Å². The summed E-state index contributed by atoms with van der Waals surface area (Å²) in [6, 6.07) is -0.655. The Labute approximate surface area is 65.2 Å². The number of amides is 2. The highest BCUT2D eigenvalue weighted by atomic mass is 16.3. The number of urea groups is 1. The molecule has 0 bridgehead atoms. The van der Waals surface area contributed by atoms with E-state index in [2.05, 4.69) is 5.32 Å². The van der Waals surface area contributed by atoms with Crippen molar-refractivity contribution in [2.75, 3.05) is 19.8 Å². The van der Waals surface area contributed by atoms with Crippen molar-refractivity contribution < 1.29 is 15.0 Å². The fraction of sp³-hybridized carbons (Fsp3) is 0.833. The summed E-state index contributed by atoms with van der Waals surface area (Å²) in [4.78, 5) is 10.2. The van der Waals surface area contributed by atoms with Gasteiger partial charge in [-0.15, -0.1) is 0 Å². The minimum atomic E-state index is -0.685. The molecule has 0 heterocycles. The molecule has 2 amide bonds. The Hall–Kier alpha value is -0.810. The summed E-state index contributed by atoms with van der Waals surface area (Å²) >= 11 is 0. The van der Waals surface area contributed by atoms with E-state index >= 15 is 0 Å². The fourth-order valence-corrected chi connectivity index (χ4v) is 0.462. The van der Waals surface area contributed by atoms with Crippen LogP contribution in [0.25, 0.3) is 0 Å². The van der Waals surface area contributed by atoms with Crippen LogP contribution < -0.4 is 11.1 Å². The van der Waals surface area contributed by atoms with Gasteiger partial charge >= 0.3 is 6.03 Å². The van der Waals surface area contributed by atoms with E-state index in [1.165, 1.54) is 0 Å². The van der Waals surface area contributed by atoms with Crippen molar-refractivity contribution in [3.63, 3.8) is 0 Å². The van der Waals surface area contributed by atoms with Crippen LogP contribution in [-0.4, -0.2) is 36.0 Å². The zero-order valence-electron chi connectivity index (χ0n) is 6.50. The first-order valence-corrected chi connectivity index (χ1v) is 3.29. The van der Waals surface area contributed by atoms with Gasteiger partial charge in [0.15, 0.2) is 0 Å². The third kappa shape index (κ3) is 3.79. The molecular formula is C6H14N2O3. The van der Waals surface area contributed by atoms with Gasteiger partial charge in [-0.2, -0.15) is 0 Å². The lowest BCUT2D eigenvalue weighted by Gasteiger charge is -2.23.